The molecular formula is C16H21ClN4O3S2. The van der Waals surface area contributed by atoms with Crippen molar-refractivity contribution >= 4 is 38.9 Å². The molecule has 2 fully saturated rings. The van der Waals surface area contributed by atoms with E-state index in [1.165, 1.54) is 10.4 Å². The van der Waals surface area contributed by atoms with E-state index in [9.17, 15) is 18.5 Å². The molecule has 2 aliphatic rings. The molecule has 7 nitrogen and oxygen atoms in total. The van der Waals surface area contributed by atoms with Gasteiger partial charge < -0.3 is 5.32 Å². The first-order chi connectivity index (χ1) is 12.2. The number of nitrogens with zero attached hydrogens (tertiary/aromatic N) is 3. The number of rotatable bonds is 6. The van der Waals surface area contributed by atoms with Gasteiger partial charge in [-0.1, -0.05) is 11.6 Å². The van der Waals surface area contributed by atoms with Gasteiger partial charge in [0.05, 0.1) is 17.0 Å². The molecule has 142 valence electrons. The lowest BCUT2D eigenvalue weighted by molar-refractivity contribution is -0.123. The van der Waals surface area contributed by atoms with Crippen molar-refractivity contribution in [2.45, 2.75) is 29.5 Å². The molecule has 1 aliphatic carbocycles. The average Bonchev–Trinajstić information content (AvgIpc) is 3.37. The average molecular weight is 417 g/mol. The van der Waals surface area contributed by atoms with Crippen LogP contribution in [0.5, 0.6) is 0 Å². The summed E-state index contributed by atoms with van der Waals surface area (Å²) in [6.45, 7) is 3.52. The summed E-state index contributed by atoms with van der Waals surface area (Å²) in [4.78, 5) is 14.2. The summed E-state index contributed by atoms with van der Waals surface area (Å²) in [5, 5.41) is 12.2. The number of carbonyl (C=O) groups is 1. The first-order valence-electron chi connectivity index (χ1n) is 8.45. The van der Waals surface area contributed by atoms with Crippen molar-refractivity contribution in [1.82, 2.24) is 14.5 Å². The number of piperazine rings is 1. The van der Waals surface area contributed by atoms with Crippen molar-refractivity contribution in [3.63, 3.8) is 0 Å². The van der Waals surface area contributed by atoms with Crippen molar-refractivity contribution in [2.24, 2.45) is 5.92 Å². The van der Waals surface area contributed by atoms with E-state index in [1.807, 2.05) is 4.90 Å². The fourth-order valence-corrected chi connectivity index (χ4v) is 6.17. The Hall–Kier alpha value is -1.18. The lowest BCUT2D eigenvalue weighted by Gasteiger charge is -2.34. The van der Waals surface area contributed by atoms with Gasteiger partial charge in [0, 0.05) is 26.2 Å². The number of amides is 1. The van der Waals surface area contributed by atoms with Crippen molar-refractivity contribution in [1.29, 1.82) is 5.26 Å². The van der Waals surface area contributed by atoms with Crippen LogP contribution in [-0.4, -0.2) is 61.8 Å². The zero-order chi connectivity index (χ0) is 18.9. The second kappa shape index (κ2) is 7.44. The fraction of sp³-hybridized carbons (Fsp3) is 0.625. The number of nitriles is 1. The predicted octanol–water partition coefficient (Wildman–Crippen LogP) is 1.52. The maximum atomic E-state index is 12.6. The van der Waals surface area contributed by atoms with Crippen LogP contribution in [0, 0.1) is 17.2 Å². The molecular weight excluding hydrogens is 396 g/mol. The smallest absolute Gasteiger partial charge is 0.252 e. The third-order valence-corrected chi connectivity index (χ3v) is 8.46. The van der Waals surface area contributed by atoms with Crippen molar-refractivity contribution < 1.29 is 13.2 Å². The van der Waals surface area contributed by atoms with Gasteiger partial charge in [-0.15, -0.1) is 11.3 Å². The topological polar surface area (TPSA) is 93.5 Å². The van der Waals surface area contributed by atoms with Crippen LogP contribution in [0.2, 0.25) is 4.34 Å². The fourth-order valence-electron chi connectivity index (χ4n) is 3.11. The summed E-state index contributed by atoms with van der Waals surface area (Å²) >= 11 is 6.88. The summed E-state index contributed by atoms with van der Waals surface area (Å²) in [5.74, 6) is 0.0401. The highest BCUT2D eigenvalue weighted by Crippen LogP contribution is 2.39. The zero-order valence-electron chi connectivity index (χ0n) is 14.4. The number of hydrogen-bond donors (Lipinski definition) is 1. The van der Waals surface area contributed by atoms with Gasteiger partial charge in [0.25, 0.3) is 10.0 Å². The van der Waals surface area contributed by atoms with E-state index < -0.39 is 15.6 Å². The van der Waals surface area contributed by atoms with Crippen LogP contribution in [0.4, 0.5) is 0 Å². The quantitative estimate of drug-likeness (QED) is 0.758. The van der Waals surface area contributed by atoms with Gasteiger partial charge in [-0.3, -0.25) is 9.69 Å². The normalized spacial score (nSPS) is 21.7. The van der Waals surface area contributed by atoms with E-state index >= 15 is 0 Å². The van der Waals surface area contributed by atoms with Crippen LogP contribution in [0.3, 0.4) is 0 Å². The molecule has 1 aromatic heterocycles. The molecule has 0 spiro atoms. The minimum absolute atomic E-state index is 0.169. The Labute approximate surface area is 162 Å². The molecule has 3 rings (SSSR count). The van der Waals surface area contributed by atoms with E-state index in [4.69, 9.17) is 11.6 Å². The monoisotopic (exact) mass is 416 g/mol. The predicted molar refractivity (Wildman–Crippen MR) is 99.4 cm³/mol. The van der Waals surface area contributed by atoms with Gasteiger partial charge in [-0.25, -0.2) is 8.42 Å². The number of carbonyl (C=O) groups excluding carboxylic acids is 1. The van der Waals surface area contributed by atoms with E-state index in [0.717, 1.165) is 24.2 Å². The molecule has 1 atom stereocenters. The van der Waals surface area contributed by atoms with Gasteiger partial charge in [0.2, 0.25) is 5.91 Å². The van der Waals surface area contributed by atoms with Crippen molar-refractivity contribution in [3.05, 3.63) is 16.5 Å². The summed E-state index contributed by atoms with van der Waals surface area (Å²) in [6, 6.07) is 5.30. The molecule has 1 saturated carbocycles. The zero-order valence-corrected chi connectivity index (χ0v) is 16.8. The van der Waals surface area contributed by atoms with Crippen LogP contribution < -0.4 is 5.32 Å². The number of halogens is 1. The molecule has 1 N–H and O–H groups in total. The minimum Gasteiger partial charge on any atom is -0.337 e. The third-order valence-electron chi connectivity index (χ3n) is 4.87. The molecule has 1 saturated heterocycles. The number of nitrogens with one attached hydrogen (secondary N) is 1. The van der Waals surface area contributed by atoms with Crippen LogP contribution in [-0.2, 0) is 14.8 Å². The lowest BCUT2D eigenvalue weighted by atomic mass is 9.98. The van der Waals surface area contributed by atoms with E-state index in [0.29, 0.717) is 30.5 Å². The molecule has 0 radical (unpaired) electrons. The molecule has 2 heterocycles. The van der Waals surface area contributed by atoms with Crippen LogP contribution >= 0.6 is 22.9 Å². The first kappa shape index (κ1) is 19.6. The van der Waals surface area contributed by atoms with E-state index in [-0.39, 0.29) is 22.6 Å². The standard InChI is InChI=1S/C16H21ClN4O3S2/c1-16(11-18,12-2-3-12)19-14(22)10-20-6-8-21(9-7-20)26(23,24)15-5-4-13(17)25-15/h4-5,12H,2-3,6-10H2,1H3,(H,19,22)/t16-/m1/s1. The van der Waals surface area contributed by atoms with E-state index in [2.05, 4.69) is 11.4 Å². The summed E-state index contributed by atoms with van der Waals surface area (Å²) in [5.41, 5.74) is -0.805. The van der Waals surface area contributed by atoms with Gasteiger partial charge in [0.15, 0.2) is 0 Å². The second-order valence-electron chi connectivity index (χ2n) is 6.88. The van der Waals surface area contributed by atoms with Gasteiger partial charge >= 0.3 is 0 Å². The SMILES string of the molecule is C[C@](C#N)(NC(=O)CN1CCN(S(=O)(=O)c2ccc(Cl)s2)CC1)C1CC1. The van der Waals surface area contributed by atoms with E-state index in [1.54, 1.807) is 13.0 Å². The number of thiophene rings is 1. The number of sulfonamides is 1. The van der Waals surface area contributed by atoms with Gasteiger partial charge in [-0.2, -0.15) is 9.57 Å². The molecule has 10 heteroatoms. The Morgan fingerprint density at radius 1 is 1.38 bits per heavy atom. The van der Waals surface area contributed by atoms with Crippen LogP contribution in [0.15, 0.2) is 16.3 Å². The highest BCUT2D eigenvalue weighted by Gasteiger charge is 2.43. The van der Waals surface area contributed by atoms with Crippen molar-refractivity contribution in [3.8, 4) is 6.07 Å². The molecule has 1 aliphatic heterocycles. The Bertz CT molecular complexity index is 823. The summed E-state index contributed by atoms with van der Waals surface area (Å²) < 4.78 is 27.3. The Morgan fingerprint density at radius 3 is 2.54 bits per heavy atom. The van der Waals surface area contributed by atoms with Gasteiger partial charge in [0.1, 0.15) is 9.75 Å². The molecule has 0 bridgehead atoms. The first-order valence-corrected chi connectivity index (χ1v) is 11.1. The third kappa shape index (κ3) is 4.21. The summed E-state index contributed by atoms with van der Waals surface area (Å²) in [7, 11) is -3.53. The Balaban J connectivity index is 1.52. The Morgan fingerprint density at radius 2 is 2.04 bits per heavy atom. The number of hydrogen-bond acceptors (Lipinski definition) is 6. The highest BCUT2D eigenvalue weighted by atomic mass is 35.5. The van der Waals surface area contributed by atoms with Gasteiger partial charge in [-0.05, 0) is 37.8 Å². The largest absolute Gasteiger partial charge is 0.337 e. The van der Waals surface area contributed by atoms with Crippen LogP contribution in [0.1, 0.15) is 19.8 Å². The van der Waals surface area contributed by atoms with Crippen molar-refractivity contribution in [2.75, 3.05) is 32.7 Å². The maximum absolute atomic E-state index is 12.6. The molecule has 0 unspecified atom stereocenters. The second-order valence-corrected chi connectivity index (χ2v) is 10.8. The summed E-state index contributed by atoms with van der Waals surface area (Å²) in [6.07, 6.45) is 1.93. The molecule has 0 aromatic carbocycles. The lowest BCUT2D eigenvalue weighted by Crippen LogP contribution is -2.54. The molecule has 26 heavy (non-hydrogen) atoms. The highest BCUT2D eigenvalue weighted by molar-refractivity contribution is 7.91. The minimum atomic E-state index is -3.53. The molecule has 1 amide bonds. The molecule has 1 aromatic rings. The Kier molecular flexibility index (Phi) is 5.61. The van der Waals surface area contributed by atoms with Crippen LogP contribution in [0.25, 0.3) is 0 Å². The maximum Gasteiger partial charge on any atom is 0.252 e.